The molecule has 0 saturated carbocycles. The zero-order chi connectivity index (χ0) is 16.8. The summed E-state index contributed by atoms with van der Waals surface area (Å²) in [6, 6.07) is 7.98. The first-order chi connectivity index (χ1) is 11.3. The maximum absolute atomic E-state index is 5.55. The van der Waals surface area contributed by atoms with E-state index in [9.17, 15) is 0 Å². The standard InChI is InChI=1S/C18H31N3O2.HI/c1-4-6-13-23-14-7-12-20-18(19-5-2)21-15-16-8-10-17(22-3)11-9-16;/h8-11H,4-7,12-15H2,1-3H3,(H2,19,20,21);1H. The van der Waals surface area contributed by atoms with Gasteiger partial charge in [0.2, 0.25) is 0 Å². The van der Waals surface area contributed by atoms with Gasteiger partial charge in [-0.3, -0.25) is 0 Å². The first kappa shape index (κ1) is 23.0. The van der Waals surface area contributed by atoms with Crippen LogP contribution in [0.4, 0.5) is 0 Å². The number of halogens is 1. The van der Waals surface area contributed by atoms with E-state index in [1.165, 1.54) is 6.42 Å². The Morgan fingerprint density at radius 2 is 1.75 bits per heavy atom. The van der Waals surface area contributed by atoms with E-state index in [0.29, 0.717) is 6.54 Å². The molecule has 0 aromatic heterocycles. The van der Waals surface area contributed by atoms with Gasteiger partial charge < -0.3 is 20.1 Å². The van der Waals surface area contributed by atoms with Crippen molar-refractivity contribution >= 4 is 29.9 Å². The summed E-state index contributed by atoms with van der Waals surface area (Å²) in [5, 5.41) is 6.60. The molecular weight excluding hydrogens is 417 g/mol. The van der Waals surface area contributed by atoms with Gasteiger partial charge in [0.05, 0.1) is 13.7 Å². The second-order valence-electron chi connectivity index (χ2n) is 5.29. The van der Waals surface area contributed by atoms with Crippen LogP contribution in [0.25, 0.3) is 0 Å². The average Bonchev–Trinajstić information content (AvgIpc) is 2.59. The van der Waals surface area contributed by atoms with Crippen molar-refractivity contribution in [3.05, 3.63) is 29.8 Å². The Bertz CT molecular complexity index is 438. The maximum Gasteiger partial charge on any atom is 0.191 e. The van der Waals surface area contributed by atoms with Gasteiger partial charge in [0.25, 0.3) is 0 Å². The minimum atomic E-state index is 0. The number of nitrogens with zero attached hydrogens (tertiary/aromatic N) is 1. The zero-order valence-corrected chi connectivity index (χ0v) is 17.5. The molecule has 0 spiro atoms. The third-order valence-corrected chi connectivity index (χ3v) is 3.32. The van der Waals surface area contributed by atoms with Gasteiger partial charge in [0.1, 0.15) is 5.75 Å². The number of guanidine groups is 1. The van der Waals surface area contributed by atoms with E-state index in [2.05, 4.69) is 29.5 Å². The minimum Gasteiger partial charge on any atom is -0.497 e. The van der Waals surface area contributed by atoms with Crippen molar-refractivity contribution in [3.63, 3.8) is 0 Å². The quantitative estimate of drug-likeness (QED) is 0.235. The van der Waals surface area contributed by atoms with Crippen molar-refractivity contribution in [1.29, 1.82) is 0 Å². The molecule has 1 aromatic carbocycles. The molecule has 0 saturated heterocycles. The number of unbranched alkanes of at least 4 members (excludes halogenated alkanes) is 1. The Hall–Kier alpha value is -1.02. The number of rotatable bonds is 11. The van der Waals surface area contributed by atoms with Crippen molar-refractivity contribution in [3.8, 4) is 5.75 Å². The molecular formula is C18H32IN3O2. The second-order valence-corrected chi connectivity index (χ2v) is 5.29. The molecule has 0 fully saturated rings. The van der Waals surface area contributed by atoms with Crippen LogP contribution >= 0.6 is 24.0 Å². The largest absolute Gasteiger partial charge is 0.497 e. The summed E-state index contributed by atoms with van der Waals surface area (Å²) in [6.45, 7) is 8.26. The molecule has 1 rings (SSSR count). The lowest BCUT2D eigenvalue weighted by molar-refractivity contribution is 0.129. The molecule has 2 N–H and O–H groups in total. The van der Waals surface area contributed by atoms with E-state index >= 15 is 0 Å². The molecule has 0 aliphatic rings. The number of ether oxygens (including phenoxy) is 2. The third kappa shape index (κ3) is 10.7. The summed E-state index contributed by atoms with van der Waals surface area (Å²) in [5.41, 5.74) is 1.16. The van der Waals surface area contributed by atoms with E-state index in [1.54, 1.807) is 7.11 Å². The molecule has 0 aliphatic heterocycles. The molecule has 5 nitrogen and oxygen atoms in total. The lowest BCUT2D eigenvalue weighted by Gasteiger charge is -2.11. The normalized spacial score (nSPS) is 10.9. The van der Waals surface area contributed by atoms with E-state index in [-0.39, 0.29) is 24.0 Å². The van der Waals surface area contributed by atoms with Gasteiger partial charge in [-0.2, -0.15) is 0 Å². The Kier molecular flexibility index (Phi) is 14.8. The summed E-state index contributed by atoms with van der Waals surface area (Å²) in [4.78, 5) is 4.60. The summed E-state index contributed by atoms with van der Waals surface area (Å²) in [5.74, 6) is 1.71. The van der Waals surface area contributed by atoms with Crippen molar-refractivity contribution in [2.24, 2.45) is 4.99 Å². The van der Waals surface area contributed by atoms with Crippen LogP contribution in [0.1, 0.15) is 38.7 Å². The summed E-state index contributed by atoms with van der Waals surface area (Å²) >= 11 is 0. The highest BCUT2D eigenvalue weighted by Crippen LogP contribution is 2.11. The predicted octanol–water partition coefficient (Wildman–Crippen LogP) is 3.58. The van der Waals surface area contributed by atoms with Gasteiger partial charge in [-0.25, -0.2) is 4.99 Å². The minimum absolute atomic E-state index is 0. The Balaban J connectivity index is 0.00000529. The molecule has 138 valence electrons. The molecule has 1 aromatic rings. The van der Waals surface area contributed by atoms with Gasteiger partial charge in [-0.1, -0.05) is 25.5 Å². The molecule has 0 amide bonds. The van der Waals surface area contributed by atoms with E-state index in [1.807, 2.05) is 24.3 Å². The fraction of sp³-hybridized carbons (Fsp3) is 0.611. The predicted molar refractivity (Wildman–Crippen MR) is 112 cm³/mol. The van der Waals surface area contributed by atoms with Crippen LogP contribution in [-0.4, -0.2) is 39.4 Å². The zero-order valence-electron chi connectivity index (χ0n) is 15.1. The average molecular weight is 449 g/mol. The fourth-order valence-corrected chi connectivity index (χ4v) is 1.97. The van der Waals surface area contributed by atoms with Crippen LogP contribution in [0.5, 0.6) is 5.75 Å². The molecule has 0 atom stereocenters. The topological polar surface area (TPSA) is 54.9 Å². The van der Waals surface area contributed by atoms with Crippen molar-refractivity contribution in [1.82, 2.24) is 10.6 Å². The Morgan fingerprint density at radius 3 is 2.38 bits per heavy atom. The van der Waals surface area contributed by atoms with Gasteiger partial charge in [-0.15, -0.1) is 24.0 Å². The van der Waals surface area contributed by atoms with Crippen LogP contribution in [0.3, 0.4) is 0 Å². The number of aliphatic imine (C=N–C) groups is 1. The number of methoxy groups -OCH3 is 1. The van der Waals surface area contributed by atoms with Crippen molar-refractivity contribution in [2.45, 2.75) is 39.7 Å². The monoisotopic (exact) mass is 449 g/mol. The van der Waals surface area contributed by atoms with Crippen molar-refractivity contribution in [2.75, 3.05) is 33.4 Å². The van der Waals surface area contributed by atoms with Gasteiger partial charge in [0, 0.05) is 26.3 Å². The van der Waals surface area contributed by atoms with Crippen LogP contribution in [0.2, 0.25) is 0 Å². The Morgan fingerprint density at radius 1 is 1.04 bits per heavy atom. The van der Waals surface area contributed by atoms with Crippen LogP contribution < -0.4 is 15.4 Å². The van der Waals surface area contributed by atoms with Gasteiger partial charge in [-0.05, 0) is 37.5 Å². The Labute approximate surface area is 163 Å². The summed E-state index contributed by atoms with van der Waals surface area (Å²) in [6.07, 6.45) is 3.30. The fourth-order valence-electron chi connectivity index (χ4n) is 1.97. The molecule has 0 aliphatic carbocycles. The maximum atomic E-state index is 5.55. The summed E-state index contributed by atoms with van der Waals surface area (Å²) in [7, 11) is 1.67. The molecule has 24 heavy (non-hydrogen) atoms. The first-order valence-corrected chi connectivity index (χ1v) is 8.53. The molecule has 0 heterocycles. The molecule has 0 bridgehead atoms. The third-order valence-electron chi connectivity index (χ3n) is 3.32. The number of benzene rings is 1. The SMILES string of the molecule is CCCCOCCCNC(=NCc1ccc(OC)cc1)NCC.I. The van der Waals surface area contributed by atoms with E-state index in [0.717, 1.165) is 56.4 Å². The van der Waals surface area contributed by atoms with Crippen LogP contribution in [-0.2, 0) is 11.3 Å². The highest BCUT2D eigenvalue weighted by molar-refractivity contribution is 14.0. The van der Waals surface area contributed by atoms with E-state index in [4.69, 9.17) is 9.47 Å². The molecule has 0 radical (unpaired) electrons. The van der Waals surface area contributed by atoms with Crippen LogP contribution in [0, 0.1) is 0 Å². The smallest absolute Gasteiger partial charge is 0.191 e. The molecule has 0 unspecified atom stereocenters. The number of hydrogen-bond donors (Lipinski definition) is 2. The van der Waals surface area contributed by atoms with E-state index < -0.39 is 0 Å². The van der Waals surface area contributed by atoms with Crippen LogP contribution in [0.15, 0.2) is 29.3 Å². The first-order valence-electron chi connectivity index (χ1n) is 8.53. The number of hydrogen-bond acceptors (Lipinski definition) is 3. The second kappa shape index (κ2) is 15.5. The summed E-state index contributed by atoms with van der Waals surface area (Å²) < 4.78 is 10.7. The lowest BCUT2D eigenvalue weighted by atomic mass is 10.2. The number of nitrogens with one attached hydrogen (secondary N) is 2. The van der Waals surface area contributed by atoms with Gasteiger partial charge >= 0.3 is 0 Å². The highest BCUT2D eigenvalue weighted by Gasteiger charge is 1.98. The molecule has 6 heteroatoms. The van der Waals surface area contributed by atoms with Crippen molar-refractivity contribution < 1.29 is 9.47 Å². The highest BCUT2D eigenvalue weighted by atomic mass is 127. The lowest BCUT2D eigenvalue weighted by Crippen LogP contribution is -2.38. The van der Waals surface area contributed by atoms with Gasteiger partial charge in [0.15, 0.2) is 5.96 Å².